The molecule has 0 saturated heterocycles. The maximum atomic E-state index is 13.0. The van der Waals surface area contributed by atoms with E-state index in [0.29, 0.717) is 12.1 Å². The number of hydrogen-bond acceptors (Lipinski definition) is 2. The van der Waals surface area contributed by atoms with E-state index in [1.54, 1.807) is 0 Å². The van der Waals surface area contributed by atoms with Gasteiger partial charge in [0, 0.05) is 12.1 Å². The summed E-state index contributed by atoms with van der Waals surface area (Å²) in [5, 5.41) is 5.65. The molecule has 0 bridgehead atoms. The van der Waals surface area contributed by atoms with E-state index in [4.69, 9.17) is 34.8 Å². The summed E-state index contributed by atoms with van der Waals surface area (Å²) in [6, 6.07) is 5.64. The molecule has 0 fully saturated rings. The van der Waals surface area contributed by atoms with Crippen molar-refractivity contribution in [2.24, 2.45) is 0 Å². The quantitative estimate of drug-likeness (QED) is 0.142. The van der Waals surface area contributed by atoms with Gasteiger partial charge in [0.1, 0.15) is 12.0 Å². The van der Waals surface area contributed by atoms with E-state index in [-0.39, 0.29) is 11.7 Å². The van der Waals surface area contributed by atoms with Gasteiger partial charge < -0.3 is 10.6 Å². The predicted octanol–water partition coefficient (Wildman–Crippen LogP) is 8.14. The molecule has 0 aliphatic heterocycles. The van der Waals surface area contributed by atoms with Gasteiger partial charge in [0.25, 0.3) is 0 Å². The standard InChI is InChI=1S/C23H36Cl3FN2O/c1-2-3-4-5-6-7-8-9-10-11-12-13-14-21(30)29-22(23(24,25)26)28-20-17-15-19(27)16-18-20/h15-18,22,28H,2-14H2,1H3,(H,29,30). The number of amides is 1. The third-order valence-corrected chi connectivity index (χ3v) is 5.70. The summed E-state index contributed by atoms with van der Waals surface area (Å²) in [6.07, 6.45) is 14.4. The van der Waals surface area contributed by atoms with Crippen LogP contribution >= 0.6 is 34.8 Å². The second kappa shape index (κ2) is 16.0. The molecule has 0 saturated carbocycles. The van der Waals surface area contributed by atoms with Gasteiger partial charge in [0.15, 0.2) is 0 Å². The fourth-order valence-corrected chi connectivity index (χ4v) is 3.60. The second-order valence-electron chi connectivity index (χ2n) is 7.83. The normalized spacial score (nSPS) is 12.6. The molecule has 0 heterocycles. The Morgan fingerprint density at radius 1 is 0.867 bits per heavy atom. The number of hydrogen-bond donors (Lipinski definition) is 2. The summed E-state index contributed by atoms with van der Waals surface area (Å²) in [7, 11) is 0. The van der Waals surface area contributed by atoms with Crippen molar-refractivity contribution < 1.29 is 9.18 Å². The Balaban J connectivity index is 2.15. The smallest absolute Gasteiger partial charge is 0.228 e. The van der Waals surface area contributed by atoms with Crippen molar-refractivity contribution in [3.05, 3.63) is 30.1 Å². The summed E-state index contributed by atoms with van der Waals surface area (Å²) in [5.41, 5.74) is 0.554. The van der Waals surface area contributed by atoms with Crippen LogP contribution in [0.3, 0.4) is 0 Å². The minimum atomic E-state index is -1.74. The first-order chi connectivity index (χ1) is 14.3. The Morgan fingerprint density at radius 2 is 1.33 bits per heavy atom. The number of alkyl halides is 3. The first-order valence-corrected chi connectivity index (χ1v) is 12.3. The zero-order valence-corrected chi connectivity index (χ0v) is 20.3. The number of halogens is 4. The Hall–Kier alpha value is -0.710. The highest BCUT2D eigenvalue weighted by atomic mass is 35.6. The second-order valence-corrected chi connectivity index (χ2v) is 10.2. The minimum absolute atomic E-state index is 0.173. The zero-order chi connectivity index (χ0) is 22.2. The highest BCUT2D eigenvalue weighted by molar-refractivity contribution is 6.68. The van der Waals surface area contributed by atoms with E-state index in [1.807, 2.05) is 0 Å². The number of benzene rings is 1. The molecule has 0 aliphatic rings. The van der Waals surface area contributed by atoms with Crippen LogP contribution in [0, 0.1) is 5.82 Å². The lowest BCUT2D eigenvalue weighted by Gasteiger charge is -2.27. The molecule has 1 atom stereocenters. The van der Waals surface area contributed by atoms with Crippen LogP contribution in [0.2, 0.25) is 0 Å². The number of carbonyl (C=O) groups is 1. The van der Waals surface area contributed by atoms with Gasteiger partial charge in [-0.15, -0.1) is 0 Å². The van der Waals surface area contributed by atoms with Gasteiger partial charge in [-0.2, -0.15) is 0 Å². The van der Waals surface area contributed by atoms with Crippen molar-refractivity contribution in [3.63, 3.8) is 0 Å². The summed E-state index contributed by atoms with van der Waals surface area (Å²) >= 11 is 18.0. The van der Waals surface area contributed by atoms with Crippen molar-refractivity contribution in [1.82, 2.24) is 5.32 Å². The van der Waals surface area contributed by atoms with E-state index in [9.17, 15) is 9.18 Å². The summed E-state index contributed by atoms with van der Waals surface area (Å²) < 4.78 is 11.3. The monoisotopic (exact) mass is 480 g/mol. The summed E-state index contributed by atoms with van der Waals surface area (Å²) in [6.45, 7) is 2.24. The molecule has 3 nitrogen and oxygen atoms in total. The summed E-state index contributed by atoms with van der Waals surface area (Å²) in [4.78, 5) is 12.2. The van der Waals surface area contributed by atoms with Crippen molar-refractivity contribution >= 4 is 46.4 Å². The van der Waals surface area contributed by atoms with E-state index in [0.717, 1.165) is 19.3 Å². The molecule has 7 heteroatoms. The molecule has 2 N–H and O–H groups in total. The van der Waals surface area contributed by atoms with Crippen LogP contribution in [-0.2, 0) is 4.79 Å². The van der Waals surface area contributed by atoms with Crippen LogP contribution in [0.4, 0.5) is 10.1 Å². The lowest BCUT2D eigenvalue weighted by Crippen LogP contribution is -2.49. The molecular weight excluding hydrogens is 446 g/mol. The Bertz CT molecular complexity index is 579. The largest absolute Gasteiger partial charge is 0.362 e. The molecule has 1 unspecified atom stereocenters. The lowest BCUT2D eigenvalue weighted by atomic mass is 10.0. The van der Waals surface area contributed by atoms with Crippen molar-refractivity contribution in [2.75, 3.05) is 5.32 Å². The van der Waals surface area contributed by atoms with E-state index < -0.39 is 9.96 Å². The van der Waals surface area contributed by atoms with Crippen molar-refractivity contribution in [1.29, 1.82) is 0 Å². The maximum absolute atomic E-state index is 13.0. The molecule has 0 radical (unpaired) electrons. The van der Waals surface area contributed by atoms with Crippen LogP contribution in [0.1, 0.15) is 90.4 Å². The topological polar surface area (TPSA) is 41.1 Å². The summed E-state index contributed by atoms with van der Waals surface area (Å²) in [5.74, 6) is -0.532. The van der Waals surface area contributed by atoms with E-state index in [1.165, 1.54) is 82.1 Å². The average molecular weight is 482 g/mol. The van der Waals surface area contributed by atoms with Gasteiger partial charge in [-0.05, 0) is 30.7 Å². The highest BCUT2D eigenvalue weighted by Gasteiger charge is 2.33. The predicted molar refractivity (Wildman–Crippen MR) is 128 cm³/mol. The average Bonchev–Trinajstić information content (AvgIpc) is 2.69. The zero-order valence-electron chi connectivity index (χ0n) is 18.0. The van der Waals surface area contributed by atoms with E-state index in [2.05, 4.69) is 17.6 Å². The van der Waals surface area contributed by atoms with Gasteiger partial charge >= 0.3 is 0 Å². The van der Waals surface area contributed by atoms with Gasteiger partial charge in [0.05, 0.1) is 0 Å². The number of nitrogens with one attached hydrogen (secondary N) is 2. The molecule has 1 amide bonds. The van der Waals surface area contributed by atoms with Gasteiger partial charge in [-0.3, -0.25) is 4.79 Å². The van der Waals surface area contributed by atoms with Crippen LogP contribution in [0.25, 0.3) is 0 Å². The number of rotatable bonds is 16. The number of anilines is 1. The minimum Gasteiger partial charge on any atom is -0.362 e. The molecule has 0 aliphatic carbocycles. The van der Waals surface area contributed by atoms with Gasteiger partial charge in [0.2, 0.25) is 9.70 Å². The molecule has 0 aromatic heterocycles. The van der Waals surface area contributed by atoms with Crippen LogP contribution in [-0.4, -0.2) is 15.9 Å². The third-order valence-electron chi connectivity index (χ3n) is 5.05. The molecule has 1 rings (SSSR count). The molecule has 172 valence electrons. The molecule has 0 spiro atoms. The molecule has 30 heavy (non-hydrogen) atoms. The lowest BCUT2D eigenvalue weighted by molar-refractivity contribution is -0.121. The fraction of sp³-hybridized carbons (Fsp3) is 0.696. The Labute approximate surface area is 196 Å². The van der Waals surface area contributed by atoms with Gasteiger partial charge in [-0.25, -0.2) is 4.39 Å². The van der Waals surface area contributed by atoms with Crippen molar-refractivity contribution in [3.8, 4) is 0 Å². The van der Waals surface area contributed by atoms with Gasteiger partial charge in [-0.1, -0.05) is 112 Å². The highest BCUT2D eigenvalue weighted by Crippen LogP contribution is 2.31. The molecular formula is C23H36Cl3FN2O. The number of carbonyl (C=O) groups excluding carboxylic acids is 1. The van der Waals surface area contributed by atoms with Crippen LogP contribution in [0.15, 0.2) is 24.3 Å². The van der Waals surface area contributed by atoms with Crippen molar-refractivity contribution in [2.45, 2.75) is 100 Å². The first-order valence-electron chi connectivity index (χ1n) is 11.2. The van der Waals surface area contributed by atoms with Crippen LogP contribution in [0.5, 0.6) is 0 Å². The van der Waals surface area contributed by atoms with E-state index >= 15 is 0 Å². The number of unbranched alkanes of at least 4 members (excludes halogenated alkanes) is 11. The Morgan fingerprint density at radius 3 is 1.80 bits per heavy atom. The first kappa shape index (κ1) is 27.3. The third kappa shape index (κ3) is 13.6. The maximum Gasteiger partial charge on any atom is 0.228 e. The fourth-order valence-electron chi connectivity index (χ4n) is 3.27. The SMILES string of the molecule is CCCCCCCCCCCCCCC(=O)NC(Nc1ccc(F)cc1)C(Cl)(Cl)Cl. The Kier molecular flexibility index (Phi) is 14.6. The molecule has 1 aromatic rings. The van der Waals surface area contributed by atoms with Crippen LogP contribution < -0.4 is 10.6 Å². The molecule has 1 aromatic carbocycles.